The first-order valence-electron chi connectivity index (χ1n) is 14.0. The number of carbonyl (C=O) groups excluding carboxylic acids is 3. The number of hydrogen-bond donors (Lipinski definition) is 1. The van der Waals surface area contributed by atoms with Gasteiger partial charge in [-0.1, -0.05) is 78.1 Å². The molecule has 12 nitrogen and oxygen atoms in total. The summed E-state index contributed by atoms with van der Waals surface area (Å²) in [5.74, 6) is -2.54. The molecule has 1 unspecified atom stereocenters. The van der Waals surface area contributed by atoms with Gasteiger partial charge < -0.3 is 19.8 Å². The molecule has 41 heavy (non-hydrogen) atoms. The van der Waals surface area contributed by atoms with Crippen molar-refractivity contribution in [3.05, 3.63) is 30.2 Å². The van der Waals surface area contributed by atoms with Crippen molar-refractivity contribution >= 4 is 33.6 Å². The van der Waals surface area contributed by atoms with Gasteiger partial charge in [-0.3, -0.25) is 14.4 Å². The van der Waals surface area contributed by atoms with Crippen LogP contribution in [0, 0.1) is 0 Å². The molecule has 2 aromatic rings. The Balaban J connectivity index is 0.00000101. The summed E-state index contributed by atoms with van der Waals surface area (Å²) in [4.78, 5) is 38.5. The second-order valence-corrected chi connectivity index (χ2v) is 11.0. The van der Waals surface area contributed by atoms with Crippen molar-refractivity contribution in [3.63, 3.8) is 0 Å². The van der Waals surface area contributed by atoms with Crippen LogP contribution in [-0.2, 0) is 29.2 Å². The van der Waals surface area contributed by atoms with E-state index in [0.29, 0.717) is 24.1 Å². The van der Waals surface area contributed by atoms with E-state index in [9.17, 15) is 27.4 Å². The Morgan fingerprint density at radius 2 is 1.46 bits per heavy atom. The van der Waals surface area contributed by atoms with Crippen LogP contribution in [-0.4, -0.2) is 63.9 Å². The van der Waals surface area contributed by atoms with Gasteiger partial charge in [-0.25, -0.2) is 17.9 Å². The molecule has 0 aliphatic heterocycles. The summed E-state index contributed by atoms with van der Waals surface area (Å²) in [5, 5.41) is 1.86. The van der Waals surface area contributed by atoms with Crippen LogP contribution in [0.4, 0.5) is 0 Å². The molecule has 0 aromatic carbocycles. The number of amides is 1. The van der Waals surface area contributed by atoms with Crippen LogP contribution >= 0.6 is 0 Å². The zero-order valence-corrected chi connectivity index (χ0v) is 27.4. The largest absolute Gasteiger partial charge is 1.00 e. The van der Waals surface area contributed by atoms with Crippen molar-refractivity contribution in [1.82, 2.24) is 14.6 Å². The quantitative estimate of drug-likeness (QED) is 0.104. The summed E-state index contributed by atoms with van der Waals surface area (Å²) < 4.78 is 45.3. The Morgan fingerprint density at radius 3 is 2.00 bits per heavy atom. The number of fused-ring (bicyclic) bond motifs is 1. The number of hydrogen-bond acceptors (Lipinski definition) is 10. The van der Waals surface area contributed by atoms with E-state index in [-0.39, 0.29) is 42.8 Å². The van der Waals surface area contributed by atoms with Gasteiger partial charge in [-0.05, 0) is 18.9 Å². The molecule has 0 fully saturated rings. The normalized spacial score (nSPS) is 11.6. The number of primary amides is 1. The number of rotatable bonds is 19. The van der Waals surface area contributed by atoms with Gasteiger partial charge in [0.1, 0.15) is 15.7 Å². The van der Waals surface area contributed by atoms with Crippen molar-refractivity contribution in [3.8, 4) is 0 Å². The summed E-state index contributed by atoms with van der Waals surface area (Å²) in [7, 11) is -4.98. The van der Waals surface area contributed by atoms with Crippen molar-refractivity contribution in [1.29, 1.82) is 0 Å². The Hall–Kier alpha value is -2.06. The SMILES string of the molecule is CCCCCCCCOC(=O)CC(C(=O)OCCCCCCCC)S(=O)(=O)[O-].NC(=O)c1cnn2cccnc12.[Na+]. The van der Waals surface area contributed by atoms with Gasteiger partial charge in [-0.2, -0.15) is 5.10 Å². The molecule has 2 aromatic heterocycles. The van der Waals surface area contributed by atoms with Gasteiger partial charge in [0, 0.05) is 12.4 Å². The van der Waals surface area contributed by atoms with Gasteiger partial charge in [0.05, 0.1) is 25.8 Å². The van der Waals surface area contributed by atoms with Gasteiger partial charge in [0.15, 0.2) is 10.9 Å². The third-order valence-electron chi connectivity index (χ3n) is 6.01. The third-order valence-corrected chi connectivity index (χ3v) is 7.07. The topological polar surface area (TPSA) is 183 Å². The zero-order valence-electron chi connectivity index (χ0n) is 24.6. The van der Waals surface area contributed by atoms with E-state index >= 15 is 0 Å². The van der Waals surface area contributed by atoms with E-state index < -0.39 is 39.6 Å². The molecule has 0 radical (unpaired) electrons. The van der Waals surface area contributed by atoms with Crippen molar-refractivity contribution in [2.75, 3.05) is 13.2 Å². The second-order valence-electron chi connectivity index (χ2n) is 9.42. The van der Waals surface area contributed by atoms with Crippen LogP contribution in [0.25, 0.3) is 5.65 Å². The minimum absolute atomic E-state index is 0. The van der Waals surface area contributed by atoms with Crippen LogP contribution in [0.3, 0.4) is 0 Å². The maximum Gasteiger partial charge on any atom is 1.00 e. The van der Waals surface area contributed by atoms with Crippen LogP contribution in [0.15, 0.2) is 24.7 Å². The van der Waals surface area contributed by atoms with Crippen molar-refractivity contribution < 1.29 is 66.4 Å². The number of carbonyl (C=O) groups is 3. The van der Waals surface area contributed by atoms with E-state index in [1.54, 1.807) is 18.5 Å². The summed E-state index contributed by atoms with van der Waals surface area (Å²) in [6.07, 6.45) is 15.9. The zero-order chi connectivity index (χ0) is 29.8. The molecule has 0 aliphatic carbocycles. The van der Waals surface area contributed by atoms with Crippen LogP contribution in [0.1, 0.15) is 108 Å². The Labute approximate surface area is 265 Å². The minimum atomic E-state index is -4.98. The molecule has 0 spiro atoms. The Bertz CT molecular complexity index is 1140. The molecule has 2 heterocycles. The van der Waals surface area contributed by atoms with E-state index in [1.807, 2.05) is 0 Å². The number of esters is 2. The fraction of sp³-hybridized carbons (Fsp3) is 0.667. The monoisotopic (exact) mass is 606 g/mol. The molecule has 0 saturated heterocycles. The summed E-state index contributed by atoms with van der Waals surface area (Å²) in [6, 6.07) is 1.73. The number of nitrogens with zero attached hydrogens (tertiary/aromatic N) is 3. The molecule has 0 bridgehead atoms. The van der Waals surface area contributed by atoms with E-state index in [2.05, 4.69) is 23.9 Å². The molecule has 0 saturated carbocycles. The number of ether oxygens (including phenoxy) is 2. The molecular formula is C27H43N4NaO8S. The first-order chi connectivity index (χ1) is 19.1. The van der Waals surface area contributed by atoms with E-state index in [1.165, 1.54) is 17.1 Å². The van der Waals surface area contributed by atoms with Gasteiger partial charge in [0.25, 0.3) is 5.91 Å². The van der Waals surface area contributed by atoms with Gasteiger partial charge in [0.2, 0.25) is 0 Å². The summed E-state index contributed by atoms with van der Waals surface area (Å²) in [5.41, 5.74) is 5.93. The van der Waals surface area contributed by atoms with Gasteiger partial charge >= 0.3 is 41.5 Å². The number of aromatic nitrogens is 3. The summed E-state index contributed by atoms with van der Waals surface area (Å²) >= 11 is 0. The van der Waals surface area contributed by atoms with Crippen LogP contribution < -0.4 is 35.3 Å². The smallest absolute Gasteiger partial charge is 0.747 e. The molecular weight excluding hydrogens is 563 g/mol. The van der Waals surface area contributed by atoms with Crippen molar-refractivity contribution in [2.45, 2.75) is 103 Å². The predicted octanol–water partition coefficient (Wildman–Crippen LogP) is 0.930. The standard InChI is InChI=1S/C20H38O7S.C7H6N4O.Na/c1-3-5-7-9-11-13-15-26-19(21)17-18(28(23,24)25)20(22)27-16-14-12-10-8-6-4-2;8-6(12)5-4-10-11-3-1-2-9-7(5)11;/h18H,3-17H2,1-2H3,(H,23,24,25);1-4H,(H2,8,12);/q;;+1/p-1. The molecule has 14 heteroatoms. The molecule has 2 N–H and O–H groups in total. The molecule has 1 atom stereocenters. The van der Waals surface area contributed by atoms with E-state index in [0.717, 1.165) is 57.8 Å². The van der Waals surface area contributed by atoms with Crippen LogP contribution in [0.2, 0.25) is 0 Å². The molecule has 226 valence electrons. The summed E-state index contributed by atoms with van der Waals surface area (Å²) in [6.45, 7) is 4.44. The maximum atomic E-state index is 11.9. The Kier molecular flexibility index (Phi) is 21.4. The average Bonchev–Trinajstić information content (AvgIpc) is 3.35. The van der Waals surface area contributed by atoms with Gasteiger partial charge in [-0.15, -0.1) is 0 Å². The molecule has 2 rings (SSSR count). The van der Waals surface area contributed by atoms with Crippen LogP contribution in [0.5, 0.6) is 0 Å². The first kappa shape index (κ1) is 38.9. The fourth-order valence-corrected chi connectivity index (χ4v) is 4.38. The average molecular weight is 607 g/mol. The predicted molar refractivity (Wildman–Crippen MR) is 148 cm³/mol. The number of nitrogens with two attached hydrogens (primary N) is 1. The minimum Gasteiger partial charge on any atom is -0.747 e. The first-order valence-corrected chi connectivity index (χ1v) is 15.4. The number of unbranched alkanes of at least 4 members (excludes halogenated alkanes) is 10. The van der Waals surface area contributed by atoms with Crippen molar-refractivity contribution in [2.24, 2.45) is 5.73 Å². The molecule has 1 amide bonds. The fourth-order valence-electron chi connectivity index (χ4n) is 3.73. The maximum absolute atomic E-state index is 11.9. The third kappa shape index (κ3) is 16.8. The Morgan fingerprint density at radius 1 is 0.927 bits per heavy atom. The second kappa shape index (κ2) is 22.5. The van der Waals surface area contributed by atoms with E-state index in [4.69, 9.17) is 15.2 Å². The molecule has 0 aliphatic rings.